The first-order valence-corrected chi connectivity index (χ1v) is 6.06. The number of halogens is 3. The van der Waals surface area contributed by atoms with E-state index in [9.17, 15) is 13.2 Å². The number of alkyl halides is 2. The highest BCUT2D eigenvalue weighted by molar-refractivity contribution is 5.50. The van der Waals surface area contributed by atoms with E-state index in [1.54, 1.807) is 12.3 Å². The Balaban J connectivity index is 1.95. The minimum Gasteiger partial charge on any atom is -0.276 e. The van der Waals surface area contributed by atoms with Gasteiger partial charge in [-0.3, -0.25) is 4.40 Å². The van der Waals surface area contributed by atoms with Crippen LogP contribution in [0.25, 0.3) is 5.65 Å². The van der Waals surface area contributed by atoms with Crippen molar-refractivity contribution in [2.24, 2.45) is 0 Å². The van der Waals surface area contributed by atoms with Crippen LogP contribution in [0.5, 0.6) is 0 Å². The fourth-order valence-electron chi connectivity index (χ4n) is 2.67. The zero-order chi connectivity index (χ0) is 12.8. The first-order valence-electron chi connectivity index (χ1n) is 6.06. The summed E-state index contributed by atoms with van der Waals surface area (Å²) in [6, 6.07) is 3.59. The second-order valence-electron chi connectivity index (χ2n) is 4.87. The number of imidazole rings is 1. The van der Waals surface area contributed by atoms with Gasteiger partial charge >= 0.3 is 0 Å². The molecule has 0 bridgehead atoms. The number of aromatic nitrogens is 2. The van der Waals surface area contributed by atoms with Gasteiger partial charge in [-0.25, -0.2) is 13.8 Å². The van der Waals surface area contributed by atoms with E-state index >= 15 is 0 Å². The Morgan fingerprint density at radius 3 is 2.72 bits per heavy atom. The molecule has 3 rings (SSSR count). The number of rotatable bonds is 1. The lowest BCUT2D eigenvalue weighted by Gasteiger charge is -2.28. The molecular weight excluding hydrogens is 241 g/mol. The summed E-state index contributed by atoms with van der Waals surface area (Å²) in [6.45, 7) is 0. The molecule has 1 aliphatic carbocycles. The molecule has 0 spiro atoms. The summed E-state index contributed by atoms with van der Waals surface area (Å²) < 4.78 is 41.0. The summed E-state index contributed by atoms with van der Waals surface area (Å²) >= 11 is 0. The van der Waals surface area contributed by atoms with Crippen LogP contribution >= 0.6 is 0 Å². The molecule has 0 aliphatic heterocycles. The molecule has 96 valence electrons. The maximum absolute atomic E-state index is 13.4. The van der Waals surface area contributed by atoms with Gasteiger partial charge in [0.15, 0.2) is 0 Å². The number of fused-ring (bicyclic) bond motifs is 1. The summed E-state index contributed by atoms with van der Waals surface area (Å²) in [5.74, 6) is -2.91. The summed E-state index contributed by atoms with van der Waals surface area (Å²) in [7, 11) is 0. The number of pyridine rings is 1. The summed E-state index contributed by atoms with van der Waals surface area (Å²) in [5.41, 5.74) is 1.42. The molecule has 0 aromatic carbocycles. The summed E-state index contributed by atoms with van der Waals surface area (Å²) in [4.78, 5) is 4.03. The molecule has 0 amide bonds. The van der Waals surface area contributed by atoms with Crippen molar-refractivity contribution in [2.75, 3.05) is 0 Å². The lowest BCUT2D eigenvalue weighted by Crippen LogP contribution is -2.23. The van der Waals surface area contributed by atoms with Crippen molar-refractivity contribution < 1.29 is 13.2 Å². The highest BCUT2D eigenvalue weighted by atomic mass is 19.3. The Hall–Kier alpha value is -1.52. The van der Waals surface area contributed by atoms with Crippen LogP contribution < -0.4 is 0 Å². The van der Waals surface area contributed by atoms with E-state index in [-0.39, 0.29) is 18.8 Å². The van der Waals surface area contributed by atoms with Gasteiger partial charge in [-0.05, 0) is 30.4 Å². The van der Waals surface area contributed by atoms with Crippen LogP contribution in [0.2, 0.25) is 0 Å². The molecule has 0 atom stereocenters. The van der Waals surface area contributed by atoms with Gasteiger partial charge in [-0.15, -0.1) is 0 Å². The van der Waals surface area contributed by atoms with Crippen molar-refractivity contribution in [1.82, 2.24) is 9.38 Å². The molecule has 18 heavy (non-hydrogen) atoms. The lowest BCUT2D eigenvalue weighted by molar-refractivity contribution is -0.0381. The average molecular weight is 254 g/mol. The lowest BCUT2D eigenvalue weighted by atomic mass is 9.82. The molecule has 1 aliphatic rings. The van der Waals surface area contributed by atoms with Crippen LogP contribution in [0.1, 0.15) is 37.2 Å². The predicted molar refractivity (Wildman–Crippen MR) is 61.3 cm³/mol. The third-order valence-electron chi connectivity index (χ3n) is 3.68. The summed E-state index contributed by atoms with van der Waals surface area (Å²) in [5, 5.41) is 0. The van der Waals surface area contributed by atoms with E-state index in [4.69, 9.17) is 0 Å². The second kappa shape index (κ2) is 4.00. The summed E-state index contributed by atoms with van der Waals surface area (Å²) in [6.07, 6.45) is 3.43. The van der Waals surface area contributed by atoms with Crippen LogP contribution in [0, 0.1) is 5.95 Å². The quantitative estimate of drug-likeness (QED) is 0.757. The van der Waals surface area contributed by atoms with Gasteiger partial charge in [-0.2, -0.15) is 4.39 Å². The molecule has 1 saturated carbocycles. The molecule has 0 unspecified atom stereocenters. The SMILES string of the molecule is Fc1cnc2c(C3CCC(F)(F)CC3)cccn12. The standard InChI is InChI=1S/C13H13F3N2/c14-11-8-17-12-10(2-1-7-18(11)12)9-3-5-13(15,16)6-4-9/h1-2,7-9H,3-6H2. The number of hydrogen-bond donors (Lipinski definition) is 0. The van der Waals surface area contributed by atoms with Gasteiger partial charge < -0.3 is 0 Å². The second-order valence-corrected chi connectivity index (χ2v) is 4.87. The van der Waals surface area contributed by atoms with Crippen molar-refractivity contribution in [3.8, 4) is 0 Å². The Bertz CT molecular complexity index is 567. The Kier molecular flexibility index (Phi) is 2.57. The van der Waals surface area contributed by atoms with Crippen molar-refractivity contribution in [3.05, 3.63) is 36.0 Å². The normalized spacial score (nSPS) is 20.4. The van der Waals surface area contributed by atoms with E-state index < -0.39 is 11.9 Å². The van der Waals surface area contributed by atoms with Gasteiger partial charge in [0, 0.05) is 19.0 Å². The number of nitrogens with zero attached hydrogens (tertiary/aromatic N) is 2. The molecule has 2 heterocycles. The zero-order valence-corrected chi connectivity index (χ0v) is 9.74. The van der Waals surface area contributed by atoms with Crippen LogP contribution in [0.3, 0.4) is 0 Å². The monoisotopic (exact) mass is 254 g/mol. The Labute approximate surface area is 102 Å². The smallest absolute Gasteiger partial charge is 0.248 e. The molecule has 1 fully saturated rings. The first kappa shape index (κ1) is 11.6. The van der Waals surface area contributed by atoms with Crippen molar-refractivity contribution in [3.63, 3.8) is 0 Å². The molecule has 0 saturated heterocycles. The Morgan fingerprint density at radius 1 is 1.28 bits per heavy atom. The maximum atomic E-state index is 13.4. The van der Waals surface area contributed by atoms with Gasteiger partial charge in [0.2, 0.25) is 11.9 Å². The molecule has 2 aromatic rings. The van der Waals surface area contributed by atoms with Crippen molar-refractivity contribution in [1.29, 1.82) is 0 Å². The van der Waals surface area contributed by atoms with E-state index in [1.165, 1.54) is 4.40 Å². The highest BCUT2D eigenvalue weighted by Crippen LogP contribution is 2.41. The van der Waals surface area contributed by atoms with Gasteiger partial charge in [0.1, 0.15) is 5.65 Å². The Morgan fingerprint density at radius 2 is 2.00 bits per heavy atom. The topological polar surface area (TPSA) is 17.3 Å². The molecule has 2 nitrogen and oxygen atoms in total. The third kappa shape index (κ3) is 1.87. The minimum absolute atomic E-state index is 0.0510. The van der Waals surface area contributed by atoms with Gasteiger partial charge in [-0.1, -0.05) is 6.07 Å². The van der Waals surface area contributed by atoms with Crippen LogP contribution in [0.15, 0.2) is 24.5 Å². The minimum atomic E-state index is -2.54. The third-order valence-corrected chi connectivity index (χ3v) is 3.68. The van der Waals surface area contributed by atoms with Gasteiger partial charge in [0.25, 0.3) is 0 Å². The molecule has 0 N–H and O–H groups in total. The molecule has 0 radical (unpaired) electrons. The predicted octanol–water partition coefficient (Wildman–Crippen LogP) is 3.77. The fourth-order valence-corrected chi connectivity index (χ4v) is 2.67. The highest BCUT2D eigenvalue weighted by Gasteiger charge is 2.36. The molecule has 5 heteroatoms. The van der Waals surface area contributed by atoms with Crippen molar-refractivity contribution >= 4 is 5.65 Å². The first-order chi connectivity index (χ1) is 8.57. The van der Waals surface area contributed by atoms with E-state index in [0.717, 1.165) is 11.8 Å². The van der Waals surface area contributed by atoms with Crippen LogP contribution in [0.4, 0.5) is 13.2 Å². The zero-order valence-electron chi connectivity index (χ0n) is 9.74. The maximum Gasteiger partial charge on any atom is 0.248 e. The van der Waals surface area contributed by atoms with Crippen LogP contribution in [-0.2, 0) is 0 Å². The van der Waals surface area contributed by atoms with E-state index in [1.807, 2.05) is 6.07 Å². The number of hydrogen-bond acceptors (Lipinski definition) is 1. The van der Waals surface area contributed by atoms with E-state index in [2.05, 4.69) is 4.98 Å². The van der Waals surface area contributed by atoms with Crippen LogP contribution in [-0.4, -0.2) is 15.3 Å². The molecule has 2 aromatic heterocycles. The fraction of sp³-hybridized carbons (Fsp3) is 0.462. The van der Waals surface area contributed by atoms with Gasteiger partial charge in [0.05, 0.1) is 6.20 Å². The van der Waals surface area contributed by atoms with Crippen molar-refractivity contribution in [2.45, 2.75) is 37.5 Å². The average Bonchev–Trinajstić information content (AvgIpc) is 2.72. The largest absolute Gasteiger partial charge is 0.276 e. The molecular formula is C13H13F3N2. The van der Waals surface area contributed by atoms with E-state index in [0.29, 0.717) is 18.5 Å².